The summed E-state index contributed by atoms with van der Waals surface area (Å²) in [5.41, 5.74) is 1.00. The predicted octanol–water partition coefficient (Wildman–Crippen LogP) is 3.44. The van der Waals surface area contributed by atoms with Crippen LogP contribution in [-0.4, -0.2) is 4.98 Å². The number of aromatic nitrogens is 1. The molecule has 0 N–H and O–H groups in total. The van der Waals surface area contributed by atoms with Gasteiger partial charge in [-0.2, -0.15) is 30.3 Å². The van der Waals surface area contributed by atoms with Gasteiger partial charge in [-0.05, 0) is 5.52 Å². The minimum absolute atomic E-state index is 0. The Kier molecular flexibility index (Phi) is 5.42. The number of hydrogen-bond acceptors (Lipinski definition) is 1. The van der Waals surface area contributed by atoms with Gasteiger partial charge in [0.25, 0.3) is 0 Å². The summed E-state index contributed by atoms with van der Waals surface area (Å²) in [6.07, 6.45) is 2.79. The molecule has 0 unspecified atom stereocenters. The number of pyridine rings is 1. The molecule has 3 aromatic rings. The van der Waals surface area contributed by atoms with Gasteiger partial charge in [0.05, 0.1) is 0 Å². The molecular weight excluding hydrogens is 234 g/mol. The van der Waals surface area contributed by atoms with Gasteiger partial charge in [-0.1, -0.05) is 30.5 Å². The molecule has 78 valence electrons. The minimum Gasteiger partial charge on any atom is -0.386 e. The molecule has 0 saturated heterocycles. The fraction of sp³-hybridized carbons (Fsp3) is 0. The first-order chi connectivity index (χ1) is 7.47. The van der Waals surface area contributed by atoms with Crippen molar-refractivity contribution in [3.63, 3.8) is 0 Å². The van der Waals surface area contributed by atoms with Gasteiger partial charge in [0.15, 0.2) is 0 Å². The first-order valence-corrected chi connectivity index (χ1v) is 4.85. The zero-order valence-electron chi connectivity index (χ0n) is 8.71. The number of rotatable bonds is 0. The van der Waals surface area contributed by atoms with E-state index >= 15 is 0 Å². The molecule has 1 aromatic heterocycles. The molecule has 0 aliphatic heterocycles. The Balaban J connectivity index is 0.000000183. The van der Waals surface area contributed by atoms with Crippen molar-refractivity contribution in [1.82, 2.24) is 4.98 Å². The van der Waals surface area contributed by atoms with Crippen molar-refractivity contribution >= 4 is 10.9 Å². The Hall–Kier alpha value is -1.49. The molecule has 0 aliphatic carbocycles. The molecule has 0 spiro atoms. The predicted molar refractivity (Wildman–Crippen MR) is 62.6 cm³/mol. The zero-order chi connectivity index (χ0) is 10.3. The molecule has 0 atom stereocenters. The van der Waals surface area contributed by atoms with Gasteiger partial charge in [-0.25, -0.2) is 12.1 Å². The van der Waals surface area contributed by atoms with Crippen molar-refractivity contribution in [2.45, 2.75) is 0 Å². The summed E-state index contributed by atoms with van der Waals surface area (Å²) in [6.45, 7) is 0. The van der Waals surface area contributed by atoms with Gasteiger partial charge in [0, 0.05) is 0 Å². The molecule has 0 saturated carbocycles. The minimum atomic E-state index is 0. The van der Waals surface area contributed by atoms with Crippen molar-refractivity contribution in [3.05, 3.63) is 72.9 Å². The third-order valence-corrected chi connectivity index (χ3v) is 2.01. The average molecular weight is 245 g/mol. The third kappa shape index (κ3) is 3.58. The SMILES string of the molecule is [Cr+2].[c-]1ccc2ccccc2n1.c1cc[cH-]c1. The summed E-state index contributed by atoms with van der Waals surface area (Å²) in [5.74, 6) is 0. The Morgan fingerprint density at radius 1 is 0.938 bits per heavy atom. The third-order valence-electron chi connectivity index (χ3n) is 2.01. The summed E-state index contributed by atoms with van der Waals surface area (Å²) < 4.78 is 0. The van der Waals surface area contributed by atoms with Crippen LogP contribution in [0.1, 0.15) is 0 Å². The van der Waals surface area contributed by atoms with Gasteiger partial charge in [-0.15, -0.1) is 5.39 Å². The summed E-state index contributed by atoms with van der Waals surface area (Å²) in [5, 5.41) is 1.17. The van der Waals surface area contributed by atoms with E-state index in [0.29, 0.717) is 0 Å². The Bertz CT molecular complexity index is 420. The van der Waals surface area contributed by atoms with E-state index in [1.807, 2.05) is 66.7 Å². The number of hydrogen-bond donors (Lipinski definition) is 0. The van der Waals surface area contributed by atoms with E-state index in [4.69, 9.17) is 0 Å². The van der Waals surface area contributed by atoms with Crippen LogP contribution in [0.5, 0.6) is 0 Å². The van der Waals surface area contributed by atoms with Crippen LogP contribution in [0.4, 0.5) is 0 Å². The number of benzene rings is 1. The number of nitrogens with zero attached hydrogens (tertiary/aromatic N) is 1. The Morgan fingerprint density at radius 3 is 2.31 bits per heavy atom. The summed E-state index contributed by atoms with van der Waals surface area (Å²) >= 11 is 0. The smallest absolute Gasteiger partial charge is 0.386 e. The van der Waals surface area contributed by atoms with Crippen molar-refractivity contribution in [2.75, 3.05) is 0 Å². The maximum atomic E-state index is 4.06. The van der Waals surface area contributed by atoms with Gasteiger partial charge in [0.1, 0.15) is 0 Å². The first kappa shape index (κ1) is 12.6. The second-order valence-corrected chi connectivity index (χ2v) is 3.10. The maximum absolute atomic E-state index is 4.06. The van der Waals surface area contributed by atoms with Crippen LogP contribution >= 0.6 is 0 Å². The van der Waals surface area contributed by atoms with Crippen LogP contribution in [0, 0.1) is 6.20 Å². The quantitative estimate of drug-likeness (QED) is 0.553. The molecule has 0 fully saturated rings. The van der Waals surface area contributed by atoms with E-state index in [2.05, 4.69) is 11.2 Å². The molecule has 0 aliphatic rings. The van der Waals surface area contributed by atoms with E-state index in [1.54, 1.807) is 0 Å². The first-order valence-electron chi connectivity index (χ1n) is 4.85. The van der Waals surface area contributed by atoms with Crippen molar-refractivity contribution in [3.8, 4) is 0 Å². The van der Waals surface area contributed by atoms with Gasteiger partial charge in [-0.3, -0.25) is 0 Å². The van der Waals surface area contributed by atoms with Crippen LogP contribution in [-0.2, 0) is 17.4 Å². The van der Waals surface area contributed by atoms with Crippen molar-refractivity contribution < 1.29 is 17.4 Å². The normalized spacial score (nSPS) is 8.75. The number of fused-ring (bicyclic) bond motifs is 1. The molecule has 3 rings (SSSR count). The summed E-state index contributed by atoms with van der Waals surface area (Å²) in [6, 6.07) is 21.8. The van der Waals surface area contributed by atoms with Gasteiger partial charge < -0.3 is 4.98 Å². The molecule has 0 amide bonds. The monoisotopic (exact) mass is 245 g/mol. The maximum Gasteiger partial charge on any atom is 2.00 e. The van der Waals surface area contributed by atoms with Crippen LogP contribution in [0.2, 0.25) is 0 Å². The average Bonchev–Trinajstić information content (AvgIpc) is 2.88. The molecule has 2 aromatic carbocycles. The molecule has 1 heterocycles. The van der Waals surface area contributed by atoms with E-state index in [-0.39, 0.29) is 17.4 Å². The van der Waals surface area contributed by atoms with E-state index in [9.17, 15) is 0 Å². The fourth-order valence-electron chi connectivity index (χ4n) is 1.28. The second kappa shape index (κ2) is 6.90. The largest absolute Gasteiger partial charge is 2.00 e. The van der Waals surface area contributed by atoms with Crippen molar-refractivity contribution in [1.29, 1.82) is 0 Å². The van der Waals surface area contributed by atoms with Crippen LogP contribution in [0.3, 0.4) is 0 Å². The van der Waals surface area contributed by atoms with Gasteiger partial charge in [0.2, 0.25) is 0 Å². The van der Waals surface area contributed by atoms with Crippen molar-refractivity contribution in [2.24, 2.45) is 0 Å². The summed E-state index contributed by atoms with van der Waals surface area (Å²) in [7, 11) is 0. The molecule has 1 nitrogen and oxygen atoms in total. The van der Waals surface area contributed by atoms with E-state index < -0.39 is 0 Å². The zero-order valence-corrected chi connectivity index (χ0v) is 9.98. The fourth-order valence-corrected chi connectivity index (χ4v) is 1.28. The standard InChI is InChI=1S/C9H6N.C5H5.Cr/c1-2-6-9-8(4-1)5-3-7-10-9;1-2-4-5-3-1;/h1-6H;1-5H;/q2*-1;+2. The molecule has 0 bridgehead atoms. The topological polar surface area (TPSA) is 12.9 Å². The second-order valence-electron chi connectivity index (χ2n) is 3.10. The Morgan fingerprint density at radius 2 is 1.69 bits per heavy atom. The van der Waals surface area contributed by atoms with Gasteiger partial charge >= 0.3 is 17.4 Å². The molecule has 0 radical (unpaired) electrons. The summed E-state index contributed by atoms with van der Waals surface area (Å²) in [4.78, 5) is 4.06. The van der Waals surface area contributed by atoms with Crippen LogP contribution < -0.4 is 0 Å². The van der Waals surface area contributed by atoms with Crippen LogP contribution in [0.25, 0.3) is 10.9 Å². The molecule has 16 heavy (non-hydrogen) atoms. The Labute approximate surface area is 106 Å². The van der Waals surface area contributed by atoms with E-state index in [0.717, 1.165) is 5.52 Å². The molecule has 2 heteroatoms. The van der Waals surface area contributed by atoms with E-state index in [1.165, 1.54) is 5.39 Å². The van der Waals surface area contributed by atoms with Crippen LogP contribution in [0.15, 0.2) is 66.7 Å². The number of para-hydroxylation sites is 1. The molecular formula is C14H11CrN.